The number of nitrogens with two attached hydrogens (primary N) is 2. The van der Waals surface area contributed by atoms with E-state index in [1.807, 2.05) is 79.4 Å². The summed E-state index contributed by atoms with van der Waals surface area (Å²) in [6.07, 6.45) is 3.78. The van der Waals surface area contributed by atoms with Gasteiger partial charge in [-0.3, -0.25) is 24.1 Å². The molecule has 0 radical (unpaired) electrons. The molecular formula is C38H56N6O5. The molecule has 2 saturated heterocycles. The second-order valence-corrected chi connectivity index (χ2v) is 14.2. The molecule has 49 heavy (non-hydrogen) atoms. The molecule has 2 bridgehead atoms. The fraction of sp³-hybridized carbons (Fsp3) is 0.579. The quantitative estimate of drug-likeness (QED) is 0.132. The number of aliphatic hydroxyl groups excluding tert-OH is 1. The largest absolute Gasteiger partial charge is 0.395 e. The number of hydrogen-bond acceptors (Lipinski definition) is 8. The number of aliphatic hydroxyl groups is 1. The van der Waals surface area contributed by atoms with Crippen molar-refractivity contribution in [2.45, 2.75) is 95.4 Å². The minimum Gasteiger partial charge on any atom is -0.395 e. The lowest BCUT2D eigenvalue weighted by atomic mass is 9.85. The van der Waals surface area contributed by atoms with Crippen molar-refractivity contribution < 1.29 is 24.3 Å². The molecule has 3 amide bonds. The summed E-state index contributed by atoms with van der Waals surface area (Å²) in [6, 6.07) is 16.6. The summed E-state index contributed by atoms with van der Waals surface area (Å²) >= 11 is 0. The molecule has 0 aromatic heterocycles. The van der Waals surface area contributed by atoms with Crippen LogP contribution in [0, 0.1) is 11.8 Å². The number of benzene rings is 2. The lowest BCUT2D eigenvalue weighted by molar-refractivity contribution is -0.158. The predicted octanol–water partition coefficient (Wildman–Crippen LogP) is 1.80. The fourth-order valence-corrected chi connectivity index (χ4v) is 7.17. The Labute approximate surface area is 291 Å². The molecule has 0 aliphatic carbocycles. The Balaban J connectivity index is 1.47. The minimum atomic E-state index is -0.872. The van der Waals surface area contributed by atoms with E-state index in [0.29, 0.717) is 51.9 Å². The first-order valence-electron chi connectivity index (χ1n) is 17.9. The van der Waals surface area contributed by atoms with Gasteiger partial charge in [-0.05, 0) is 68.5 Å². The number of ketones is 1. The Kier molecular flexibility index (Phi) is 14.8. The van der Waals surface area contributed by atoms with Crippen LogP contribution in [0.5, 0.6) is 0 Å². The van der Waals surface area contributed by atoms with Crippen molar-refractivity contribution in [2.75, 3.05) is 32.8 Å². The minimum absolute atomic E-state index is 0.0652. The van der Waals surface area contributed by atoms with Gasteiger partial charge in [0.05, 0.1) is 18.7 Å². The number of piperidine rings is 1. The molecule has 2 aliphatic heterocycles. The maximum atomic E-state index is 14.0. The summed E-state index contributed by atoms with van der Waals surface area (Å²) in [7, 11) is 0. The molecule has 2 aliphatic rings. The monoisotopic (exact) mass is 676 g/mol. The first kappa shape index (κ1) is 38.2. The molecule has 6 atom stereocenters. The van der Waals surface area contributed by atoms with E-state index in [1.54, 1.807) is 0 Å². The summed E-state index contributed by atoms with van der Waals surface area (Å²) in [5.41, 5.74) is 13.8. The SMILES string of the molecule is CC(C)CC(CC(=O)C(Cc1ccccc1)NC(=O)C(N)Cc1ccccc1)C(=O)NC(CCCCN)C(=O)N1C2CC1CN(CCO)C2. The average molecular weight is 677 g/mol. The number of carbonyl (C=O) groups excluding carboxylic acids is 4. The number of fused-ring (bicyclic) bond motifs is 2. The van der Waals surface area contributed by atoms with Crippen molar-refractivity contribution in [2.24, 2.45) is 23.3 Å². The molecule has 2 fully saturated rings. The van der Waals surface area contributed by atoms with Gasteiger partial charge in [-0.15, -0.1) is 0 Å². The molecule has 268 valence electrons. The van der Waals surface area contributed by atoms with E-state index in [2.05, 4.69) is 15.5 Å². The lowest BCUT2D eigenvalue weighted by Gasteiger charge is -2.57. The van der Waals surface area contributed by atoms with Crippen molar-refractivity contribution in [1.82, 2.24) is 20.4 Å². The normalized spacial score (nSPS) is 19.8. The number of likely N-dealkylation sites (tertiary alicyclic amines) is 2. The van der Waals surface area contributed by atoms with E-state index in [4.69, 9.17) is 11.5 Å². The zero-order valence-corrected chi connectivity index (χ0v) is 29.1. The molecule has 4 rings (SSSR count). The smallest absolute Gasteiger partial charge is 0.245 e. The number of amides is 3. The van der Waals surface area contributed by atoms with Gasteiger partial charge in [0, 0.05) is 44.1 Å². The van der Waals surface area contributed by atoms with Gasteiger partial charge in [0.15, 0.2) is 5.78 Å². The van der Waals surface area contributed by atoms with Crippen molar-refractivity contribution in [3.8, 4) is 0 Å². The number of carbonyl (C=O) groups is 4. The molecule has 11 nitrogen and oxygen atoms in total. The molecule has 0 saturated carbocycles. The van der Waals surface area contributed by atoms with Crippen LogP contribution in [0.15, 0.2) is 60.7 Å². The molecule has 2 aromatic rings. The summed E-state index contributed by atoms with van der Waals surface area (Å²) < 4.78 is 0. The Hall–Kier alpha value is -3.64. The van der Waals surface area contributed by atoms with Crippen LogP contribution in [0.1, 0.15) is 63.5 Å². The first-order chi connectivity index (χ1) is 23.6. The van der Waals surface area contributed by atoms with Crippen LogP contribution in [-0.4, -0.2) is 101 Å². The Morgan fingerprint density at radius 3 is 2.02 bits per heavy atom. The third kappa shape index (κ3) is 11.2. The second kappa shape index (κ2) is 18.9. The van der Waals surface area contributed by atoms with Crippen LogP contribution in [0.25, 0.3) is 0 Å². The zero-order chi connectivity index (χ0) is 35.3. The molecule has 2 aromatic carbocycles. The maximum Gasteiger partial charge on any atom is 0.245 e. The van der Waals surface area contributed by atoms with E-state index in [0.717, 1.165) is 24.0 Å². The number of rotatable bonds is 20. The van der Waals surface area contributed by atoms with Gasteiger partial charge in [0.1, 0.15) is 6.04 Å². The summed E-state index contributed by atoms with van der Waals surface area (Å²) in [5, 5.41) is 15.3. The van der Waals surface area contributed by atoms with Crippen LogP contribution in [0.2, 0.25) is 0 Å². The van der Waals surface area contributed by atoms with Crippen molar-refractivity contribution >= 4 is 23.5 Å². The molecule has 0 spiro atoms. The first-order valence-corrected chi connectivity index (χ1v) is 17.9. The predicted molar refractivity (Wildman–Crippen MR) is 190 cm³/mol. The van der Waals surface area contributed by atoms with Crippen LogP contribution in [0.3, 0.4) is 0 Å². The van der Waals surface area contributed by atoms with Gasteiger partial charge in [-0.25, -0.2) is 0 Å². The second-order valence-electron chi connectivity index (χ2n) is 14.2. The molecule has 6 unspecified atom stereocenters. The van der Waals surface area contributed by atoms with Crippen molar-refractivity contribution in [3.63, 3.8) is 0 Å². The van der Waals surface area contributed by atoms with Crippen LogP contribution in [-0.2, 0) is 32.0 Å². The number of hydrogen-bond donors (Lipinski definition) is 5. The van der Waals surface area contributed by atoms with Gasteiger partial charge in [-0.1, -0.05) is 74.5 Å². The van der Waals surface area contributed by atoms with Gasteiger partial charge in [0.25, 0.3) is 0 Å². The zero-order valence-electron chi connectivity index (χ0n) is 29.1. The highest BCUT2D eigenvalue weighted by Gasteiger charge is 2.48. The number of Topliss-reactive ketones (excluding diaryl/α,β-unsaturated/α-hetero) is 1. The number of nitrogens with zero attached hydrogens (tertiary/aromatic N) is 2. The Morgan fingerprint density at radius 2 is 1.45 bits per heavy atom. The van der Waals surface area contributed by atoms with E-state index in [9.17, 15) is 24.3 Å². The molecule has 2 heterocycles. The highest BCUT2D eigenvalue weighted by atomic mass is 16.3. The lowest BCUT2D eigenvalue weighted by Crippen LogP contribution is -2.72. The summed E-state index contributed by atoms with van der Waals surface area (Å²) in [5.74, 6) is -1.66. The molecule has 11 heteroatoms. The topological polar surface area (TPSA) is 171 Å². The number of nitrogens with one attached hydrogen (secondary N) is 2. The van der Waals surface area contributed by atoms with Gasteiger partial charge >= 0.3 is 0 Å². The highest BCUT2D eigenvalue weighted by Crippen LogP contribution is 2.33. The molecule has 7 N–H and O–H groups in total. The van der Waals surface area contributed by atoms with Crippen LogP contribution >= 0.6 is 0 Å². The van der Waals surface area contributed by atoms with E-state index < -0.39 is 30.0 Å². The van der Waals surface area contributed by atoms with Crippen molar-refractivity contribution in [1.29, 1.82) is 0 Å². The van der Waals surface area contributed by atoms with Crippen LogP contribution < -0.4 is 22.1 Å². The standard InChI is InChI=1S/C38H56N6O5/c1-26(2)19-29(36(47)41-33(15-9-10-16-39)38(49)44-30-23-31(44)25-43(24-30)17-18-45)22-35(46)34(21-28-13-7-4-8-14-28)42-37(48)32(40)20-27-11-5-3-6-12-27/h3-8,11-14,26,29-34,45H,9-10,15-25,39-40H2,1-2H3,(H,41,47)(H,42,48). The van der Waals surface area contributed by atoms with Crippen LogP contribution in [0.4, 0.5) is 0 Å². The Bertz CT molecular complexity index is 1350. The molecular weight excluding hydrogens is 620 g/mol. The van der Waals surface area contributed by atoms with Gasteiger partial charge < -0.3 is 32.1 Å². The third-order valence-corrected chi connectivity index (χ3v) is 9.70. The number of β-amino-alcohol motifs (C(OH)–C–C–N with tert-alkyl or cyclic N) is 1. The van der Waals surface area contributed by atoms with Gasteiger partial charge in [-0.2, -0.15) is 0 Å². The highest BCUT2D eigenvalue weighted by molar-refractivity contribution is 5.95. The third-order valence-electron chi connectivity index (χ3n) is 9.70. The maximum absolute atomic E-state index is 14.0. The van der Waals surface area contributed by atoms with Gasteiger partial charge in [0.2, 0.25) is 17.7 Å². The summed E-state index contributed by atoms with van der Waals surface area (Å²) in [6.45, 7) is 6.58. The fourth-order valence-electron chi connectivity index (χ4n) is 7.17. The summed E-state index contributed by atoms with van der Waals surface area (Å²) in [4.78, 5) is 59.3. The Morgan fingerprint density at radius 1 is 0.857 bits per heavy atom. The average Bonchev–Trinajstić information content (AvgIpc) is 3.08. The number of unbranched alkanes of at least 4 members (excludes halogenated alkanes) is 1. The van der Waals surface area contributed by atoms with E-state index in [1.165, 1.54) is 0 Å². The van der Waals surface area contributed by atoms with E-state index >= 15 is 0 Å². The van der Waals surface area contributed by atoms with Crippen molar-refractivity contribution in [3.05, 3.63) is 71.8 Å². The number of piperazine rings is 1. The van der Waals surface area contributed by atoms with E-state index in [-0.39, 0.29) is 55.0 Å².